The summed E-state index contributed by atoms with van der Waals surface area (Å²) in [5.41, 5.74) is 2.45. The average Bonchev–Trinajstić information content (AvgIpc) is 2.90. The van der Waals surface area contributed by atoms with E-state index in [1.165, 1.54) is 17.5 Å². The second-order valence-electron chi connectivity index (χ2n) is 6.18. The number of amides is 1. The summed E-state index contributed by atoms with van der Waals surface area (Å²) in [6, 6.07) is 8.86. The van der Waals surface area contributed by atoms with Crippen LogP contribution >= 0.6 is 0 Å². The van der Waals surface area contributed by atoms with E-state index in [1.807, 2.05) is 0 Å². The van der Waals surface area contributed by atoms with E-state index in [0.717, 1.165) is 26.1 Å². The molecule has 0 spiro atoms. The van der Waals surface area contributed by atoms with Crippen LogP contribution < -0.4 is 5.32 Å². The van der Waals surface area contributed by atoms with Gasteiger partial charge < -0.3 is 9.80 Å². The van der Waals surface area contributed by atoms with Crippen LogP contribution in [0.15, 0.2) is 24.3 Å². The zero-order valence-electron chi connectivity index (χ0n) is 13.0. The summed E-state index contributed by atoms with van der Waals surface area (Å²) in [6.07, 6.45) is 2.34. The van der Waals surface area contributed by atoms with Crippen LogP contribution in [0.5, 0.6) is 0 Å². The summed E-state index contributed by atoms with van der Waals surface area (Å²) < 4.78 is 0. The number of likely N-dealkylation sites (N-methyl/N-ethyl adjacent to an activating group) is 1. The maximum Gasteiger partial charge on any atom is 0.238 e. The minimum atomic E-state index is 0.0416. The van der Waals surface area contributed by atoms with Gasteiger partial charge in [0, 0.05) is 12.6 Å². The van der Waals surface area contributed by atoms with E-state index in [-0.39, 0.29) is 12.1 Å². The Balaban J connectivity index is 1.80. The standard InChI is InChI=1S/C17H25N3O/c1-3-19-10-4-5-15(12-19)20-16(21)11-18-17(20)14-8-6-13(2)7-9-14/h6-9,15,17-18H,3-5,10-12H2,1-2H3. The van der Waals surface area contributed by atoms with Crippen molar-refractivity contribution >= 4 is 5.91 Å². The van der Waals surface area contributed by atoms with Crippen molar-refractivity contribution in [3.63, 3.8) is 0 Å². The fraction of sp³-hybridized carbons (Fsp3) is 0.588. The molecule has 2 aliphatic heterocycles. The highest BCUT2D eigenvalue weighted by molar-refractivity contribution is 5.81. The molecule has 3 rings (SSSR count). The van der Waals surface area contributed by atoms with Gasteiger partial charge in [-0.15, -0.1) is 0 Å². The highest BCUT2D eigenvalue weighted by Gasteiger charge is 2.38. The predicted octanol–water partition coefficient (Wildman–Crippen LogP) is 1.91. The van der Waals surface area contributed by atoms with Crippen LogP contribution in [-0.4, -0.2) is 47.9 Å². The van der Waals surface area contributed by atoms with E-state index in [1.54, 1.807) is 0 Å². The molecule has 2 unspecified atom stereocenters. The lowest BCUT2D eigenvalue weighted by molar-refractivity contribution is -0.131. The maximum atomic E-state index is 12.4. The quantitative estimate of drug-likeness (QED) is 0.922. The van der Waals surface area contributed by atoms with Gasteiger partial charge in [-0.05, 0) is 38.4 Å². The Bertz CT molecular complexity index is 499. The third-order valence-electron chi connectivity index (χ3n) is 4.73. The number of carbonyl (C=O) groups excluding carboxylic acids is 1. The van der Waals surface area contributed by atoms with Crippen LogP contribution in [0.4, 0.5) is 0 Å². The number of carbonyl (C=O) groups is 1. The van der Waals surface area contributed by atoms with E-state index in [9.17, 15) is 4.79 Å². The topological polar surface area (TPSA) is 35.6 Å². The van der Waals surface area contributed by atoms with Crippen molar-refractivity contribution in [3.8, 4) is 0 Å². The molecule has 2 heterocycles. The van der Waals surface area contributed by atoms with Crippen molar-refractivity contribution in [1.82, 2.24) is 15.1 Å². The van der Waals surface area contributed by atoms with Crippen LogP contribution in [0.25, 0.3) is 0 Å². The lowest BCUT2D eigenvalue weighted by atomic mass is 10.0. The minimum absolute atomic E-state index is 0.0416. The Morgan fingerprint density at radius 2 is 2.05 bits per heavy atom. The zero-order valence-corrected chi connectivity index (χ0v) is 13.0. The smallest absolute Gasteiger partial charge is 0.238 e. The first-order valence-electron chi connectivity index (χ1n) is 8.02. The average molecular weight is 287 g/mol. The van der Waals surface area contributed by atoms with Crippen LogP contribution in [0.2, 0.25) is 0 Å². The van der Waals surface area contributed by atoms with Crippen molar-refractivity contribution in [3.05, 3.63) is 35.4 Å². The van der Waals surface area contributed by atoms with Gasteiger partial charge in [0.2, 0.25) is 5.91 Å². The van der Waals surface area contributed by atoms with Gasteiger partial charge >= 0.3 is 0 Å². The third-order valence-corrected chi connectivity index (χ3v) is 4.73. The Labute approximate surface area is 127 Å². The van der Waals surface area contributed by atoms with Gasteiger partial charge in [-0.3, -0.25) is 10.1 Å². The molecule has 1 N–H and O–H groups in total. The molecule has 4 nitrogen and oxygen atoms in total. The monoisotopic (exact) mass is 287 g/mol. The van der Waals surface area contributed by atoms with Crippen LogP contribution in [-0.2, 0) is 4.79 Å². The largest absolute Gasteiger partial charge is 0.318 e. The van der Waals surface area contributed by atoms with Gasteiger partial charge in [0.15, 0.2) is 0 Å². The van der Waals surface area contributed by atoms with Gasteiger partial charge in [-0.2, -0.15) is 0 Å². The number of hydrogen-bond acceptors (Lipinski definition) is 3. The van der Waals surface area contributed by atoms with Gasteiger partial charge in [0.05, 0.1) is 6.54 Å². The van der Waals surface area contributed by atoms with Crippen molar-refractivity contribution < 1.29 is 4.79 Å². The SMILES string of the molecule is CCN1CCCC(N2C(=O)CNC2c2ccc(C)cc2)C1. The zero-order chi connectivity index (χ0) is 14.8. The van der Waals surface area contributed by atoms with Gasteiger partial charge in [-0.25, -0.2) is 0 Å². The van der Waals surface area contributed by atoms with Gasteiger partial charge in [0.1, 0.15) is 6.17 Å². The molecular formula is C17H25N3O. The Hall–Kier alpha value is -1.39. The number of piperidine rings is 1. The molecule has 0 aromatic heterocycles. The lowest BCUT2D eigenvalue weighted by Crippen LogP contribution is -2.49. The summed E-state index contributed by atoms with van der Waals surface area (Å²) in [6.45, 7) is 7.99. The van der Waals surface area contributed by atoms with Gasteiger partial charge in [-0.1, -0.05) is 36.8 Å². The Morgan fingerprint density at radius 1 is 1.29 bits per heavy atom. The number of likely N-dealkylation sites (tertiary alicyclic amines) is 1. The summed E-state index contributed by atoms with van der Waals surface area (Å²) >= 11 is 0. The molecule has 0 radical (unpaired) electrons. The second-order valence-corrected chi connectivity index (χ2v) is 6.18. The molecule has 1 amide bonds. The number of benzene rings is 1. The van der Waals surface area contributed by atoms with Gasteiger partial charge in [0.25, 0.3) is 0 Å². The first kappa shape index (κ1) is 14.5. The summed E-state index contributed by atoms with van der Waals surface area (Å²) in [5, 5.41) is 3.38. The van der Waals surface area contributed by atoms with E-state index < -0.39 is 0 Å². The summed E-state index contributed by atoms with van der Waals surface area (Å²) in [4.78, 5) is 16.9. The van der Waals surface area contributed by atoms with Crippen LogP contribution in [0, 0.1) is 6.92 Å². The van der Waals surface area contributed by atoms with Crippen LogP contribution in [0.3, 0.4) is 0 Å². The second kappa shape index (κ2) is 6.16. The number of rotatable bonds is 3. The predicted molar refractivity (Wildman–Crippen MR) is 83.9 cm³/mol. The summed E-state index contributed by atoms with van der Waals surface area (Å²) in [7, 11) is 0. The Morgan fingerprint density at radius 3 is 2.76 bits per heavy atom. The van der Waals surface area contributed by atoms with Crippen LogP contribution in [0.1, 0.15) is 37.1 Å². The van der Waals surface area contributed by atoms with E-state index in [4.69, 9.17) is 0 Å². The Kier molecular flexibility index (Phi) is 4.27. The number of nitrogens with one attached hydrogen (secondary N) is 1. The molecule has 114 valence electrons. The molecule has 2 atom stereocenters. The maximum absolute atomic E-state index is 12.4. The highest BCUT2D eigenvalue weighted by Crippen LogP contribution is 2.28. The minimum Gasteiger partial charge on any atom is -0.318 e. The molecule has 21 heavy (non-hydrogen) atoms. The fourth-order valence-corrected chi connectivity index (χ4v) is 3.50. The lowest BCUT2D eigenvalue weighted by Gasteiger charge is -2.39. The molecule has 0 bridgehead atoms. The molecule has 0 saturated carbocycles. The third kappa shape index (κ3) is 2.97. The number of nitrogens with zero attached hydrogens (tertiary/aromatic N) is 2. The first-order chi connectivity index (χ1) is 10.2. The molecule has 1 aromatic rings. The fourth-order valence-electron chi connectivity index (χ4n) is 3.50. The van der Waals surface area contributed by atoms with Crippen molar-refractivity contribution in [2.75, 3.05) is 26.2 Å². The molecule has 2 saturated heterocycles. The van der Waals surface area contributed by atoms with Crippen molar-refractivity contribution in [1.29, 1.82) is 0 Å². The molecule has 2 fully saturated rings. The number of aryl methyl sites for hydroxylation is 1. The molecule has 0 aliphatic carbocycles. The summed E-state index contributed by atoms with van der Waals surface area (Å²) in [5.74, 6) is 0.239. The van der Waals surface area contributed by atoms with E-state index in [2.05, 4.69) is 53.2 Å². The molecule has 4 heteroatoms. The highest BCUT2D eigenvalue weighted by atomic mass is 16.2. The van der Waals surface area contributed by atoms with Crippen molar-refractivity contribution in [2.45, 2.75) is 38.9 Å². The van der Waals surface area contributed by atoms with E-state index >= 15 is 0 Å². The molecule has 1 aromatic carbocycles. The molecular weight excluding hydrogens is 262 g/mol. The number of hydrogen-bond donors (Lipinski definition) is 1. The first-order valence-corrected chi connectivity index (χ1v) is 8.02. The normalized spacial score (nSPS) is 27.3. The molecule has 2 aliphatic rings. The van der Waals surface area contributed by atoms with Crippen molar-refractivity contribution in [2.24, 2.45) is 0 Å². The van der Waals surface area contributed by atoms with E-state index in [0.29, 0.717) is 12.6 Å².